The van der Waals surface area contributed by atoms with Gasteiger partial charge in [-0.15, -0.1) is 0 Å². The zero-order valence-corrected chi connectivity index (χ0v) is 17.4. The molecule has 0 radical (unpaired) electrons. The fraction of sp³-hybridized carbons (Fsp3) is 0.174. The van der Waals surface area contributed by atoms with Gasteiger partial charge in [0.15, 0.2) is 0 Å². The van der Waals surface area contributed by atoms with Crippen LogP contribution in [0.15, 0.2) is 71.6 Å². The minimum Gasteiger partial charge on any atom is -0.287 e. The van der Waals surface area contributed by atoms with Crippen LogP contribution in [0.1, 0.15) is 22.3 Å². The number of amides is 2. The molecule has 6 heteroatoms. The third-order valence-corrected chi connectivity index (χ3v) is 6.81. The molecule has 0 saturated heterocycles. The number of nitrogens with zero attached hydrogens (tertiary/aromatic N) is 2. The van der Waals surface area contributed by atoms with E-state index < -0.39 is 16.1 Å². The van der Waals surface area contributed by atoms with Crippen molar-refractivity contribution in [3.8, 4) is 0 Å². The van der Waals surface area contributed by atoms with Gasteiger partial charge in [-0.3, -0.25) is 4.90 Å². The summed E-state index contributed by atoms with van der Waals surface area (Å²) in [4.78, 5) is 15.2. The topological polar surface area (TPSA) is 57.7 Å². The second-order valence-electron chi connectivity index (χ2n) is 7.38. The summed E-state index contributed by atoms with van der Waals surface area (Å²) in [7, 11) is -4.01. The SMILES string of the molecule is Cc1cccc(CN2C(=O)N(c3ccc(C)cc3C)S(=O)(=O)c3ccccc32)c1. The molecular weight excluding hydrogens is 384 g/mol. The van der Waals surface area contributed by atoms with Gasteiger partial charge in [0.2, 0.25) is 0 Å². The smallest absolute Gasteiger partial charge is 0.287 e. The number of carbonyl (C=O) groups is 1. The summed E-state index contributed by atoms with van der Waals surface area (Å²) in [6.07, 6.45) is 0. The lowest BCUT2D eigenvalue weighted by Gasteiger charge is -2.36. The van der Waals surface area contributed by atoms with E-state index in [1.54, 1.807) is 30.3 Å². The zero-order valence-electron chi connectivity index (χ0n) is 16.6. The van der Waals surface area contributed by atoms with E-state index in [0.717, 1.165) is 26.6 Å². The van der Waals surface area contributed by atoms with Crippen LogP contribution in [-0.4, -0.2) is 14.4 Å². The normalized spacial score (nSPS) is 15.3. The van der Waals surface area contributed by atoms with Crippen LogP contribution in [0.3, 0.4) is 0 Å². The van der Waals surface area contributed by atoms with Gasteiger partial charge >= 0.3 is 6.03 Å². The van der Waals surface area contributed by atoms with Crippen molar-refractivity contribution in [2.45, 2.75) is 32.2 Å². The van der Waals surface area contributed by atoms with E-state index >= 15 is 0 Å². The van der Waals surface area contributed by atoms with Crippen LogP contribution in [0.4, 0.5) is 16.2 Å². The molecule has 0 fully saturated rings. The molecule has 1 aliphatic rings. The lowest BCUT2D eigenvalue weighted by Crippen LogP contribution is -2.51. The van der Waals surface area contributed by atoms with E-state index in [1.165, 1.54) is 4.90 Å². The van der Waals surface area contributed by atoms with Crippen molar-refractivity contribution in [1.82, 2.24) is 0 Å². The Labute approximate surface area is 171 Å². The van der Waals surface area contributed by atoms with Gasteiger partial charge in [-0.25, -0.2) is 13.2 Å². The number of sulfonamides is 1. The van der Waals surface area contributed by atoms with Crippen molar-refractivity contribution in [2.24, 2.45) is 0 Å². The molecule has 0 unspecified atom stereocenters. The Hall–Kier alpha value is -3.12. The third-order valence-electron chi connectivity index (χ3n) is 5.07. The molecule has 3 aromatic rings. The number of hydrogen-bond acceptors (Lipinski definition) is 3. The van der Waals surface area contributed by atoms with Gasteiger partial charge in [-0.05, 0) is 50.1 Å². The molecule has 148 valence electrons. The van der Waals surface area contributed by atoms with E-state index in [9.17, 15) is 13.2 Å². The molecule has 0 atom stereocenters. The highest BCUT2D eigenvalue weighted by Crippen LogP contribution is 2.39. The Balaban J connectivity index is 1.89. The average Bonchev–Trinajstić information content (AvgIpc) is 2.67. The highest BCUT2D eigenvalue weighted by Gasteiger charge is 2.42. The van der Waals surface area contributed by atoms with Crippen LogP contribution in [0.2, 0.25) is 0 Å². The summed E-state index contributed by atoms with van der Waals surface area (Å²) in [6, 6.07) is 19.3. The highest BCUT2D eigenvalue weighted by molar-refractivity contribution is 7.94. The first kappa shape index (κ1) is 19.2. The molecule has 0 aromatic heterocycles. The van der Waals surface area contributed by atoms with Crippen molar-refractivity contribution >= 4 is 27.4 Å². The van der Waals surface area contributed by atoms with Gasteiger partial charge in [0.05, 0.1) is 17.9 Å². The van der Waals surface area contributed by atoms with Gasteiger partial charge in [-0.1, -0.05) is 59.7 Å². The Morgan fingerprint density at radius 1 is 0.793 bits per heavy atom. The Bertz CT molecular complexity index is 1220. The van der Waals surface area contributed by atoms with Crippen molar-refractivity contribution in [1.29, 1.82) is 0 Å². The molecule has 0 aliphatic carbocycles. The molecule has 3 aromatic carbocycles. The number of benzene rings is 3. The number of aryl methyl sites for hydroxylation is 3. The van der Waals surface area contributed by atoms with Crippen LogP contribution in [0.5, 0.6) is 0 Å². The van der Waals surface area contributed by atoms with E-state index in [1.807, 2.05) is 57.2 Å². The van der Waals surface area contributed by atoms with Crippen LogP contribution in [0.25, 0.3) is 0 Å². The minimum absolute atomic E-state index is 0.132. The molecule has 2 amide bonds. The highest BCUT2D eigenvalue weighted by atomic mass is 32.2. The standard InChI is InChI=1S/C23H22N2O3S/c1-16-7-6-8-19(14-16)15-24-21-9-4-5-10-22(21)29(27,28)25(23(24)26)20-12-11-17(2)13-18(20)3/h4-14H,15H2,1-3H3. The van der Waals surface area contributed by atoms with Crippen molar-refractivity contribution in [2.75, 3.05) is 9.21 Å². The Morgan fingerprint density at radius 3 is 2.24 bits per heavy atom. The minimum atomic E-state index is -4.01. The van der Waals surface area contributed by atoms with Crippen LogP contribution in [0, 0.1) is 20.8 Å². The van der Waals surface area contributed by atoms with E-state index in [2.05, 4.69) is 0 Å². The van der Waals surface area contributed by atoms with Gasteiger partial charge in [0.25, 0.3) is 10.0 Å². The predicted octanol–water partition coefficient (Wildman–Crippen LogP) is 4.95. The largest absolute Gasteiger partial charge is 0.343 e. The lowest BCUT2D eigenvalue weighted by atomic mass is 10.1. The molecule has 0 saturated carbocycles. The zero-order chi connectivity index (χ0) is 20.8. The first-order valence-electron chi connectivity index (χ1n) is 9.38. The number of anilines is 2. The summed E-state index contributed by atoms with van der Waals surface area (Å²) in [5.41, 5.74) is 4.54. The molecule has 1 heterocycles. The molecule has 0 N–H and O–H groups in total. The first-order chi connectivity index (χ1) is 13.8. The fourth-order valence-corrected chi connectivity index (χ4v) is 5.38. The summed E-state index contributed by atoms with van der Waals surface area (Å²) < 4.78 is 27.7. The quantitative estimate of drug-likeness (QED) is 0.619. The third kappa shape index (κ3) is 3.29. The van der Waals surface area contributed by atoms with Crippen LogP contribution >= 0.6 is 0 Å². The summed E-state index contributed by atoms with van der Waals surface area (Å²) in [5.74, 6) is 0. The van der Waals surface area contributed by atoms with Crippen molar-refractivity contribution < 1.29 is 13.2 Å². The van der Waals surface area contributed by atoms with Gasteiger partial charge < -0.3 is 0 Å². The van der Waals surface area contributed by atoms with E-state index in [4.69, 9.17) is 0 Å². The van der Waals surface area contributed by atoms with Gasteiger partial charge in [0, 0.05) is 0 Å². The Kier molecular flexibility index (Phi) is 4.67. The van der Waals surface area contributed by atoms with Crippen LogP contribution < -0.4 is 9.21 Å². The maximum Gasteiger partial charge on any atom is 0.343 e. The molecule has 1 aliphatic heterocycles. The second kappa shape index (κ2) is 7.04. The summed E-state index contributed by atoms with van der Waals surface area (Å²) in [5, 5.41) is 0. The molecular formula is C23H22N2O3S. The van der Waals surface area contributed by atoms with E-state index in [-0.39, 0.29) is 11.4 Å². The number of fused-ring (bicyclic) bond motifs is 1. The number of carbonyl (C=O) groups excluding carboxylic acids is 1. The number of hydrogen-bond donors (Lipinski definition) is 0. The predicted molar refractivity (Wildman–Crippen MR) is 115 cm³/mol. The van der Waals surface area contributed by atoms with Crippen molar-refractivity contribution in [3.63, 3.8) is 0 Å². The number of urea groups is 1. The number of para-hydroxylation sites is 1. The summed E-state index contributed by atoms with van der Waals surface area (Å²) in [6.45, 7) is 6.02. The first-order valence-corrected chi connectivity index (χ1v) is 10.8. The molecule has 0 bridgehead atoms. The monoisotopic (exact) mass is 406 g/mol. The molecule has 29 heavy (non-hydrogen) atoms. The maximum absolute atomic E-state index is 13.5. The Morgan fingerprint density at radius 2 is 1.52 bits per heavy atom. The fourth-order valence-electron chi connectivity index (χ4n) is 3.72. The van der Waals surface area contributed by atoms with Gasteiger partial charge in [-0.2, -0.15) is 4.31 Å². The lowest BCUT2D eigenvalue weighted by molar-refractivity contribution is 0.253. The molecule has 5 nitrogen and oxygen atoms in total. The maximum atomic E-state index is 13.5. The van der Waals surface area contributed by atoms with Crippen molar-refractivity contribution in [3.05, 3.63) is 89.0 Å². The van der Waals surface area contributed by atoms with Gasteiger partial charge in [0.1, 0.15) is 4.90 Å². The number of rotatable bonds is 3. The summed E-state index contributed by atoms with van der Waals surface area (Å²) >= 11 is 0. The van der Waals surface area contributed by atoms with E-state index in [0.29, 0.717) is 11.4 Å². The van der Waals surface area contributed by atoms with Crippen LogP contribution in [-0.2, 0) is 16.6 Å². The molecule has 0 spiro atoms. The molecule has 4 rings (SSSR count). The second-order valence-corrected chi connectivity index (χ2v) is 9.14. The average molecular weight is 407 g/mol.